The molecule has 0 unspecified atom stereocenters. The molecule has 86 valence electrons. The molecule has 1 N–H and O–H groups in total. The summed E-state index contributed by atoms with van der Waals surface area (Å²) in [5.41, 5.74) is 0.156. The first-order valence-corrected chi connectivity index (χ1v) is 6.02. The number of hydrogen-bond donors (Lipinski definition) is 1. The summed E-state index contributed by atoms with van der Waals surface area (Å²) in [7, 11) is 1.68. The molecule has 0 aliphatic rings. The highest BCUT2D eigenvalue weighted by molar-refractivity contribution is 7.17. The summed E-state index contributed by atoms with van der Waals surface area (Å²) in [6, 6.07) is 7.30. The van der Waals surface area contributed by atoms with E-state index in [1.54, 1.807) is 24.6 Å². The Morgan fingerprint density at radius 3 is 2.81 bits per heavy atom. The number of halogens is 2. The van der Waals surface area contributed by atoms with Crippen LogP contribution in [0.4, 0.5) is 8.78 Å². The molecule has 16 heavy (non-hydrogen) atoms. The largest absolute Gasteiger partial charge is 0.320 e. The molecule has 4 heteroatoms. The van der Waals surface area contributed by atoms with Crippen LogP contribution in [0.25, 0.3) is 10.1 Å². The van der Waals surface area contributed by atoms with Gasteiger partial charge in [0.05, 0.1) is 0 Å². The van der Waals surface area contributed by atoms with E-state index < -0.39 is 5.92 Å². The van der Waals surface area contributed by atoms with Crippen molar-refractivity contribution in [1.29, 1.82) is 0 Å². The van der Waals surface area contributed by atoms with Gasteiger partial charge in [-0.25, -0.2) is 8.78 Å². The lowest BCUT2D eigenvalue weighted by molar-refractivity contribution is -0.0104. The van der Waals surface area contributed by atoms with Gasteiger partial charge in [0.25, 0.3) is 5.92 Å². The third-order valence-electron chi connectivity index (χ3n) is 2.56. The maximum atomic E-state index is 13.9. The molecule has 1 nitrogen and oxygen atoms in total. The second-order valence-corrected chi connectivity index (χ2v) is 4.61. The van der Waals surface area contributed by atoms with Crippen LogP contribution in [0.3, 0.4) is 0 Å². The second-order valence-electron chi connectivity index (χ2n) is 3.70. The van der Waals surface area contributed by atoms with Crippen molar-refractivity contribution in [2.75, 3.05) is 13.6 Å². The molecular formula is C12H13F2NS. The predicted molar refractivity (Wildman–Crippen MR) is 64.3 cm³/mol. The molecule has 1 heterocycles. The average Bonchev–Trinajstić information content (AvgIpc) is 2.71. The Morgan fingerprint density at radius 2 is 2.06 bits per heavy atom. The van der Waals surface area contributed by atoms with Crippen molar-refractivity contribution in [3.05, 3.63) is 35.2 Å². The number of thiophene rings is 1. The number of rotatable bonds is 4. The zero-order valence-corrected chi connectivity index (χ0v) is 9.78. The van der Waals surface area contributed by atoms with Gasteiger partial charge in [-0.15, -0.1) is 11.3 Å². The SMILES string of the molecule is CNCCC(F)(F)c1csc2ccccc12. The molecule has 0 amide bonds. The molecule has 0 saturated carbocycles. The zero-order valence-electron chi connectivity index (χ0n) is 8.97. The normalized spacial score (nSPS) is 12.2. The zero-order chi connectivity index (χ0) is 11.6. The fourth-order valence-corrected chi connectivity index (χ4v) is 2.68. The van der Waals surface area contributed by atoms with Gasteiger partial charge in [0.2, 0.25) is 0 Å². The summed E-state index contributed by atoms with van der Waals surface area (Å²) >= 11 is 1.37. The molecule has 0 spiro atoms. The maximum Gasteiger partial charge on any atom is 0.275 e. The number of nitrogens with one attached hydrogen (secondary N) is 1. The predicted octanol–water partition coefficient (Wildman–Crippen LogP) is 3.60. The minimum Gasteiger partial charge on any atom is -0.320 e. The van der Waals surface area contributed by atoms with Crippen molar-refractivity contribution in [2.45, 2.75) is 12.3 Å². The smallest absolute Gasteiger partial charge is 0.275 e. The van der Waals surface area contributed by atoms with Gasteiger partial charge in [-0.1, -0.05) is 18.2 Å². The Labute approximate surface area is 97.1 Å². The average molecular weight is 241 g/mol. The van der Waals surface area contributed by atoms with Gasteiger partial charge in [0, 0.05) is 34.0 Å². The molecular weight excluding hydrogens is 228 g/mol. The summed E-state index contributed by atoms with van der Waals surface area (Å²) in [6.45, 7) is 0.317. The Balaban J connectivity index is 2.38. The van der Waals surface area contributed by atoms with Gasteiger partial charge in [-0.3, -0.25) is 0 Å². The van der Waals surface area contributed by atoms with Gasteiger partial charge in [0.15, 0.2) is 0 Å². The first-order chi connectivity index (χ1) is 7.65. The highest BCUT2D eigenvalue weighted by Crippen LogP contribution is 2.39. The van der Waals surface area contributed by atoms with Crippen LogP contribution in [0, 0.1) is 0 Å². The van der Waals surface area contributed by atoms with E-state index >= 15 is 0 Å². The first kappa shape index (κ1) is 11.5. The summed E-state index contributed by atoms with van der Waals surface area (Å²) in [4.78, 5) is 0. The number of hydrogen-bond acceptors (Lipinski definition) is 2. The van der Waals surface area contributed by atoms with Gasteiger partial charge < -0.3 is 5.32 Å². The molecule has 0 fully saturated rings. The van der Waals surface area contributed by atoms with Crippen LogP contribution in [0.15, 0.2) is 29.6 Å². The van der Waals surface area contributed by atoms with Gasteiger partial charge in [-0.05, 0) is 13.1 Å². The van der Waals surface area contributed by atoms with Crippen molar-refractivity contribution in [2.24, 2.45) is 0 Å². The Morgan fingerprint density at radius 1 is 1.31 bits per heavy atom. The van der Waals surface area contributed by atoms with Crippen LogP contribution >= 0.6 is 11.3 Å². The van der Waals surface area contributed by atoms with Gasteiger partial charge >= 0.3 is 0 Å². The summed E-state index contributed by atoms with van der Waals surface area (Å²) in [5.74, 6) is -2.75. The fourth-order valence-electron chi connectivity index (χ4n) is 1.68. The van der Waals surface area contributed by atoms with Crippen molar-refractivity contribution >= 4 is 21.4 Å². The van der Waals surface area contributed by atoms with Crippen molar-refractivity contribution in [3.63, 3.8) is 0 Å². The first-order valence-electron chi connectivity index (χ1n) is 5.14. The van der Waals surface area contributed by atoms with Crippen molar-refractivity contribution in [1.82, 2.24) is 5.32 Å². The Kier molecular flexibility index (Phi) is 3.21. The topological polar surface area (TPSA) is 12.0 Å². The van der Waals surface area contributed by atoms with Crippen LogP contribution in [-0.2, 0) is 5.92 Å². The van der Waals surface area contributed by atoms with Crippen molar-refractivity contribution in [3.8, 4) is 0 Å². The molecule has 0 radical (unpaired) electrons. The van der Waals surface area contributed by atoms with Crippen LogP contribution in [0.1, 0.15) is 12.0 Å². The van der Waals surface area contributed by atoms with E-state index in [4.69, 9.17) is 0 Å². The summed E-state index contributed by atoms with van der Waals surface area (Å²) in [5, 5.41) is 5.00. The fraction of sp³-hybridized carbons (Fsp3) is 0.333. The molecule has 0 atom stereocenters. The number of benzene rings is 1. The number of fused-ring (bicyclic) bond motifs is 1. The van der Waals surface area contributed by atoms with E-state index in [-0.39, 0.29) is 12.0 Å². The lowest BCUT2D eigenvalue weighted by Gasteiger charge is -2.15. The summed E-state index contributed by atoms with van der Waals surface area (Å²) in [6.07, 6.45) is -0.162. The molecule has 0 bridgehead atoms. The van der Waals surface area contributed by atoms with E-state index in [1.807, 2.05) is 12.1 Å². The molecule has 2 rings (SSSR count). The van der Waals surface area contributed by atoms with E-state index in [1.165, 1.54) is 11.3 Å². The molecule has 0 aliphatic heterocycles. The third kappa shape index (κ3) is 2.08. The molecule has 1 aromatic carbocycles. The van der Waals surface area contributed by atoms with Crippen LogP contribution in [0.2, 0.25) is 0 Å². The van der Waals surface area contributed by atoms with Gasteiger partial charge in [0.1, 0.15) is 0 Å². The van der Waals surface area contributed by atoms with Gasteiger partial charge in [-0.2, -0.15) is 0 Å². The molecule has 1 aromatic heterocycles. The van der Waals surface area contributed by atoms with Crippen molar-refractivity contribution < 1.29 is 8.78 Å². The quantitative estimate of drug-likeness (QED) is 0.862. The van der Waals surface area contributed by atoms with E-state index in [2.05, 4.69) is 5.32 Å². The molecule has 0 aliphatic carbocycles. The minimum atomic E-state index is -2.75. The number of alkyl halides is 2. The lowest BCUT2D eigenvalue weighted by atomic mass is 10.0. The van der Waals surface area contributed by atoms with E-state index in [9.17, 15) is 8.78 Å². The highest BCUT2D eigenvalue weighted by atomic mass is 32.1. The molecule has 2 aromatic rings. The second kappa shape index (κ2) is 4.47. The summed E-state index contributed by atoms with van der Waals surface area (Å²) < 4.78 is 28.7. The highest BCUT2D eigenvalue weighted by Gasteiger charge is 2.33. The van der Waals surface area contributed by atoms with E-state index in [0.717, 1.165) is 4.70 Å². The van der Waals surface area contributed by atoms with Crippen LogP contribution in [0.5, 0.6) is 0 Å². The monoisotopic (exact) mass is 241 g/mol. The lowest BCUT2D eigenvalue weighted by Crippen LogP contribution is -2.20. The Bertz CT molecular complexity index is 479. The minimum absolute atomic E-state index is 0.156. The van der Waals surface area contributed by atoms with E-state index in [0.29, 0.717) is 11.9 Å². The van der Waals surface area contributed by atoms with Crippen LogP contribution < -0.4 is 5.32 Å². The maximum absolute atomic E-state index is 13.9. The Hall–Kier alpha value is -1.00. The third-order valence-corrected chi connectivity index (χ3v) is 3.53. The van der Waals surface area contributed by atoms with Crippen LogP contribution in [-0.4, -0.2) is 13.6 Å². The molecule has 0 saturated heterocycles. The standard InChI is InChI=1S/C12H13F2NS/c1-15-7-6-12(13,14)10-8-16-11-5-3-2-4-9(10)11/h2-5,8,15H,6-7H2,1H3.